The molecule has 2 aliphatic rings. The molecular formula is C14H19NO2. The van der Waals surface area contributed by atoms with E-state index in [1.807, 2.05) is 18.2 Å². The zero-order chi connectivity index (χ0) is 11.9. The van der Waals surface area contributed by atoms with Gasteiger partial charge in [0.05, 0.1) is 0 Å². The van der Waals surface area contributed by atoms with Crippen molar-refractivity contribution in [1.29, 1.82) is 0 Å². The summed E-state index contributed by atoms with van der Waals surface area (Å²) in [6.45, 7) is 2.03. The third-order valence-electron chi connectivity index (χ3n) is 4.15. The number of hydrogen-bond donors (Lipinski definition) is 1. The van der Waals surface area contributed by atoms with E-state index in [0.29, 0.717) is 5.92 Å². The fourth-order valence-electron chi connectivity index (χ4n) is 3.30. The predicted octanol–water partition coefficient (Wildman–Crippen LogP) is 1.57. The van der Waals surface area contributed by atoms with Crippen molar-refractivity contribution in [3.8, 4) is 0 Å². The first-order chi connectivity index (χ1) is 8.21. The molecule has 2 saturated heterocycles. The Morgan fingerprint density at radius 3 is 2.88 bits per heavy atom. The molecule has 3 nitrogen and oxygen atoms in total. The first-order valence-electron chi connectivity index (χ1n) is 6.31. The van der Waals surface area contributed by atoms with Crippen molar-refractivity contribution in [2.75, 3.05) is 20.1 Å². The minimum absolute atomic E-state index is 0.257. The minimum atomic E-state index is -0.605. The highest BCUT2D eigenvalue weighted by Crippen LogP contribution is 2.48. The van der Waals surface area contributed by atoms with Crippen LogP contribution in [0.3, 0.4) is 0 Å². The average Bonchev–Trinajstić information content (AvgIpc) is 2.67. The summed E-state index contributed by atoms with van der Waals surface area (Å²) >= 11 is 0. The molecule has 2 heterocycles. The molecule has 0 spiro atoms. The molecular weight excluding hydrogens is 214 g/mol. The molecule has 1 aromatic rings. The molecule has 17 heavy (non-hydrogen) atoms. The van der Waals surface area contributed by atoms with Gasteiger partial charge in [0.15, 0.2) is 6.29 Å². The van der Waals surface area contributed by atoms with Crippen molar-refractivity contribution < 1.29 is 9.84 Å². The third kappa shape index (κ3) is 1.79. The second-order valence-electron chi connectivity index (χ2n) is 5.27. The van der Waals surface area contributed by atoms with Crippen LogP contribution in [0.15, 0.2) is 30.3 Å². The molecule has 0 aliphatic carbocycles. The molecule has 92 valence electrons. The molecule has 2 fully saturated rings. The number of rotatable bonds is 1. The maximum absolute atomic E-state index is 9.83. The van der Waals surface area contributed by atoms with E-state index in [2.05, 4.69) is 24.1 Å². The molecule has 3 rings (SSSR count). The van der Waals surface area contributed by atoms with E-state index in [1.54, 1.807) is 0 Å². The quantitative estimate of drug-likeness (QED) is 0.799. The standard InChI is InChI=1S/C14H19NO2/c1-15-8-7-14(11-5-3-2-4-6-11)12(10-15)9-13(16)17-14/h2-6,12-13,16H,7-10H2,1H3/t12-,13+,14-/m1/s1. The second-order valence-corrected chi connectivity index (χ2v) is 5.27. The lowest BCUT2D eigenvalue weighted by Crippen LogP contribution is -2.46. The van der Waals surface area contributed by atoms with Crippen molar-refractivity contribution in [2.24, 2.45) is 5.92 Å². The number of likely N-dealkylation sites (tertiary alicyclic amines) is 1. The monoisotopic (exact) mass is 233 g/mol. The number of benzene rings is 1. The fourth-order valence-corrected chi connectivity index (χ4v) is 3.30. The van der Waals surface area contributed by atoms with Crippen LogP contribution in [-0.4, -0.2) is 36.4 Å². The normalized spacial score (nSPS) is 38.0. The van der Waals surface area contributed by atoms with Crippen molar-refractivity contribution >= 4 is 0 Å². The van der Waals surface area contributed by atoms with Gasteiger partial charge in [-0.2, -0.15) is 0 Å². The van der Waals surface area contributed by atoms with Gasteiger partial charge in [-0.15, -0.1) is 0 Å². The van der Waals surface area contributed by atoms with Gasteiger partial charge in [-0.05, 0) is 19.0 Å². The van der Waals surface area contributed by atoms with E-state index >= 15 is 0 Å². The second kappa shape index (κ2) is 4.09. The van der Waals surface area contributed by atoms with Crippen LogP contribution in [0.2, 0.25) is 0 Å². The van der Waals surface area contributed by atoms with Gasteiger partial charge in [-0.25, -0.2) is 0 Å². The maximum Gasteiger partial charge on any atom is 0.156 e. The number of piperidine rings is 1. The highest BCUT2D eigenvalue weighted by molar-refractivity contribution is 5.26. The molecule has 0 saturated carbocycles. The number of aliphatic hydroxyl groups is 1. The Kier molecular flexibility index (Phi) is 2.69. The summed E-state index contributed by atoms with van der Waals surface area (Å²) in [5.41, 5.74) is 0.961. The molecule has 0 unspecified atom stereocenters. The van der Waals surface area contributed by atoms with Crippen LogP contribution in [0.5, 0.6) is 0 Å². The van der Waals surface area contributed by atoms with Crippen LogP contribution in [0.4, 0.5) is 0 Å². The van der Waals surface area contributed by atoms with Gasteiger partial charge in [0.25, 0.3) is 0 Å². The van der Waals surface area contributed by atoms with E-state index in [0.717, 1.165) is 25.9 Å². The van der Waals surface area contributed by atoms with Crippen LogP contribution in [-0.2, 0) is 10.3 Å². The van der Waals surface area contributed by atoms with Crippen molar-refractivity contribution in [1.82, 2.24) is 4.90 Å². The zero-order valence-corrected chi connectivity index (χ0v) is 10.2. The Balaban J connectivity index is 1.98. The highest BCUT2D eigenvalue weighted by Gasteiger charge is 2.51. The van der Waals surface area contributed by atoms with Gasteiger partial charge in [0.1, 0.15) is 5.60 Å². The summed E-state index contributed by atoms with van der Waals surface area (Å²) in [4.78, 5) is 2.33. The predicted molar refractivity (Wildman–Crippen MR) is 65.4 cm³/mol. The minimum Gasteiger partial charge on any atom is -0.368 e. The molecule has 0 aromatic heterocycles. The number of fused-ring (bicyclic) bond motifs is 1. The van der Waals surface area contributed by atoms with Crippen molar-refractivity contribution in [3.63, 3.8) is 0 Å². The first-order valence-corrected chi connectivity index (χ1v) is 6.31. The fraction of sp³-hybridized carbons (Fsp3) is 0.571. The molecule has 2 aliphatic heterocycles. The number of ether oxygens (including phenoxy) is 1. The van der Waals surface area contributed by atoms with Gasteiger partial charge in [0, 0.05) is 25.4 Å². The van der Waals surface area contributed by atoms with Crippen molar-refractivity contribution in [3.05, 3.63) is 35.9 Å². The Morgan fingerprint density at radius 1 is 1.35 bits per heavy atom. The summed E-state index contributed by atoms with van der Waals surface area (Å²) in [6, 6.07) is 10.4. The van der Waals surface area contributed by atoms with Gasteiger partial charge >= 0.3 is 0 Å². The summed E-state index contributed by atoms with van der Waals surface area (Å²) in [7, 11) is 2.14. The number of hydrogen-bond acceptors (Lipinski definition) is 3. The smallest absolute Gasteiger partial charge is 0.156 e. The lowest BCUT2D eigenvalue weighted by Gasteiger charge is -2.42. The Morgan fingerprint density at radius 2 is 2.12 bits per heavy atom. The lowest BCUT2D eigenvalue weighted by molar-refractivity contribution is -0.160. The first kappa shape index (κ1) is 11.2. The largest absolute Gasteiger partial charge is 0.368 e. The highest BCUT2D eigenvalue weighted by atomic mass is 16.6. The Labute approximate surface area is 102 Å². The van der Waals surface area contributed by atoms with Crippen LogP contribution >= 0.6 is 0 Å². The number of nitrogens with zero attached hydrogens (tertiary/aromatic N) is 1. The molecule has 3 heteroatoms. The topological polar surface area (TPSA) is 32.7 Å². The van der Waals surface area contributed by atoms with E-state index in [-0.39, 0.29) is 5.60 Å². The zero-order valence-electron chi connectivity index (χ0n) is 10.2. The van der Waals surface area contributed by atoms with Gasteiger partial charge in [0.2, 0.25) is 0 Å². The summed E-state index contributed by atoms with van der Waals surface area (Å²) < 4.78 is 5.92. The van der Waals surface area contributed by atoms with Gasteiger partial charge in [-0.1, -0.05) is 30.3 Å². The van der Waals surface area contributed by atoms with Crippen molar-refractivity contribution in [2.45, 2.75) is 24.7 Å². The SMILES string of the molecule is CN1CC[C@]2(c3ccccc3)O[C@H](O)C[C@@H]2C1. The molecule has 0 bridgehead atoms. The Bertz CT molecular complexity index is 394. The molecule has 1 N–H and O–H groups in total. The molecule has 0 amide bonds. The van der Waals surface area contributed by atoms with E-state index < -0.39 is 6.29 Å². The summed E-state index contributed by atoms with van der Waals surface area (Å²) in [5.74, 6) is 0.402. The third-order valence-corrected chi connectivity index (χ3v) is 4.15. The lowest BCUT2D eigenvalue weighted by atomic mass is 9.76. The molecule has 1 aromatic carbocycles. The van der Waals surface area contributed by atoms with E-state index in [4.69, 9.17) is 4.74 Å². The van der Waals surface area contributed by atoms with E-state index in [9.17, 15) is 5.11 Å². The van der Waals surface area contributed by atoms with E-state index in [1.165, 1.54) is 5.56 Å². The molecule has 3 atom stereocenters. The van der Waals surface area contributed by atoms with Crippen LogP contribution in [0, 0.1) is 5.92 Å². The van der Waals surface area contributed by atoms with Gasteiger partial charge < -0.3 is 14.7 Å². The van der Waals surface area contributed by atoms with Gasteiger partial charge in [-0.3, -0.25) is 0 Å². The molecule has 0 radical (unpaired) electrons. The van der Waals surface area contributed by atoms with Crippen LogP contribution in [0.25, 0.3) is 0 Å². The Hall–Kier alpha value is -0.900. The average molecular weight is 233 g/mol. The summed E-state index contributed by atoms with van der Waals surface area (Å²) in [5, 5.41) is 9.83. The number of aliphatic hydroxyl groups excluding tert-OH is 1. The summed E-state index contributed by atoms with van der Waals surface area (Å²) in [6.07, 6.45) is 1.11. The van der Waals surface area contributed by atoms with Crippen LogP contribution < -0.4 is 0 Å². The maximum atomic E-state index is 9.83. The van der Waals surface area contributed by atoms with Crippen LogP contribution in [0.1, 0.15) is 18.4 Å².